The molecule has 0 unspecified atom stereocenters. The zero-order valence-corrected chi connectivity index (χ0v) is 10.7. The molecule has 0 aromatic heterocycles. The molecule has 0 atom stereocenters. The van der Waals surface area contributed by atoms with Crippen molar-refractivity contribution in [1.82, 2.24) is 0 Å². The van der Waals surface area contributed by atoms with Crippen molar-refractivity contribution in [3.63, 3.8) is 0 Å². The molecule has 18 heavy (non-hydrogen) atoms. The van der Waals surface area contributed by atoms with Gasteiger partial charge < -0.3 is 9.84 Å². The summed E-state index contributed by atoms with van der Waals surface area (Å²) >= 11 is 5.91. The Morgan fingerprint density at radius 1 is 1.39 bits per heavy atom. The van der Waals surface area contributed by atoms with Gasteiger partial charge >= 0.3 is 5.97 Å². The highest BCUT2D eigenvalue weighted by atomic mass is 35.5. The van der Waals surface area contributed by atoms with Crippen LogP contribution >= 0.6 is 11.6 Å². The summed E-state index contributed by atoms with van der Waals surface area (Å²) in [6, 6.07) is 5.26. The molecule has 0 amide bonds. The Morgan fingerprint density at radius 2 is 2.11 bits per heavy atom. The van der Waals surface area contributed by atoms with Crippen molar-refractivity contribution >= 4 is 23.6 Å². The van der Waals surface area contributed by atoms with E-state index in [1.807, 2.05) is 0 Å². The number of aliphatic carboxylic acids is 1. The molecule has 1 aliphatic rings. The third-order valence-electron chi connectivity index (χ3n) is 2.97. The van der Waals surface area contributed by atoms with E-state index in [4.69, 9.17) is 21.4 Å². The van der Waals surface area contributed by atoms with Gasteiger partial charge in [-0.25, -0.2) is 4.79 Å². The summed E-state index contributed by atoms with van der Waals surface area (Å²) in [7, 11) is 0. The minimum Gasteiger partial charge on any atom is -0.490 e. The Kier molecular flexibility index (Phi) is 4.26. The SMILES string of the molecule is O=C(O)/C=C/c1cc(Cl)ccc1OC1CCCC1. The first-order chi connectivity index (χ1) is 8.65. The molecule has 1 aromatic carbocycles. The van der Waals surface area contributed by atoms with Gasteiger partial charge in [-0.05, 0) is 50.0 Å². The van der Waals surface area contributed by atoms with Gasteiger partial charge in [0, 0.05) is 16.7 Å². The van der Waals surface area contributed by atoms with Crippen LogP contribution < -0.4 is 4.74 Å². The molecular weight excluding hydrogens is 252 g/mol. The maximum atomic E-state index is 10.6. The van der Waals surface area contributed by atoms with E-state index in [-0.39, 0.29) is 6.10 Å². The van der Waals surface area contributed by atoms with E-state index in [9.17, 15) is 4.79 Å². The predicted octanol–water partition coefficient (Wildman–Crippen LogP) is 3.76. The number of benzene rings is 1. The maximum Gasteiger partial charge on any atom is 0.328 e. The highest BCUT2D eigenvalue weighted by Gasteiger charge is 2.17. The lowest BCUT2D eigenvalue weighted by Gasteiger charge is -2.15. The number of hydrogen-bond donors (Lipinski definition) is 1. The van der Waals surface area contributed by atoms with E-state index in [0.29, 0.717) is 16.3 Å². The van der Waals surface area contributed by atoms with Crippen LogP contribution in [0.2, 0.25) is 5.02 Å². The van der Waals surface area contributed by atoms with Crippen LogP contribution in [0.3, 0.4) is 0 Å². The van der Waals surface area contributed by atoms with Crippen molar-refractivity contribution in [2.24, 2.45) is 0 Å². The van der Waals surface area contributed by atoms with E-state index in [1.165, 1.54) is 18.9 Å². The van der Waals surface area contributed by atoms with Crippen LogP contribution in [0.4, 0.5) is 0 Å². The zero-order chi connectivity index (χ0) is 13.0. The second-order valence-electron chi connectivity index (χ2n) is 4.38. The molecule has 2 rings (SSSR count). The molecular formula is C14H15ClO3. The smallest absolute Gasteiger partial charge is 0.328 e. The highest BCUT2D eigenvalue weighted by molar-refractivity contribution is 6.30. The summed E-state index contributed by atoms with van der Waals surface area (Å²) in [5.41, 5.74) is 0.705. The van der Waals surface area contributed by atoms with Crippen molar-refractivity contribution in [3.05, 3.63) is 34.9 Å². The fraction of sp³-hybridized carbons (Fsp3) is 0.357. The summed E-state index contributed by atoms with van der Waals surface area (Å²) in [6.45, 7) is 0. The first-order valence-electron chi connectivity index (χ1n) is 6.02. The van der Waals surface area contributed by atoms with Gasteiger partial charge in [0.05, 0.1) is 6.10 Å². The molecule has 4 heteroatoms. The van der Waals surface area contributed by atoms with Crippen LogP contribution in [0.5, 0.6) is 5.75 Å². The lowest BCUT2D eigenvalue weighted by molar-refractivity contribution is -0.131. The van der Waals surface area contributed by atoms with Gasteiger partial charge in [-0.15, -0.1) is 0 Å². The molecule has 0 radical (unpaired) electrons. The number of hydrogen-bond acceptors (Lipinski definition) is 2. The normalized spacial score (nSPS) is 16.3. The van der Waals surface area contributed by atoms with E-state index in [0.717, 1.165) is 18.9 Å². The predicted molar refractivity (Wildman–Crippen MR) is 71.0 cm³/mol. The second-order valence-corrected chi connectivity index (χ2v) is 4.81. The van der Waals surface area contributed by atoms with Crippen molar-refractivity contribution in [1.29, 1.82) is 0 Å². The van der Waals surface area contributed by atoms with Crippen molar-refractivity contribution < 1.29 is 14.6 Å². The number of ether oxygens (including phenoxy) is 1. The molecule has 1 fully saturated rings. The summed E-state index contributed by atoms with van der Waals surface area (Å²) in [6.07, 6.45) is 7.35. The summed E-state index contributed by atoms with van der Waals surface area (Å²) in [5, 5.41) is 9.23. The van der Waals surface area contributed by atoms with Gasteiger partial charge in [0.1, 0.15) is 5.75 Å². The quantitative estimate of drug-likeness (QED) is 0.844. The Balaban J connectivity index is 2.19. The molecule has 0 spiro atoms. The van der Waals surface area contributed by atoms with Crippen LogP contribution in [0, 0.1) is 0 Å². The molecule has 0 saturated heterocycles. The molecule has 1 saturated carbocycles. The molecule has 3 nitrogen and oxygen atoms in total. The van der Waals surface area contributed by atoms with Gasteiger partial charge in [-0.1, -0.05) is 11.6 Å². The van der Waals surface area contributed by atoms with Gasteiger partial charge in [0.2, 0.25) is 0 Å². The topological polar surface area (TPSA) is 46.5 Å². The molecule has 0 bridgehead atoms. The van der Waals surface area contributed by atoms with Gasteiger partial charge in [0.25, 0.3) is 0 Å². The minimum atomic E-state index is -0.984. The molecule has 0 aliphatic heterocycles. The second kappa shape index (κ2) is 5.91. The van der Waals surface area contributed by atoms with E-state index in [2.05, 4.69) is 0 Å². The molecule has 1 aliphatic carbocycles. The number of carboxylic acid groups (broad SMARTS) is 1. The Labute approximate surface area is 111 Å². The number of carbonyl (C=O) groups is 1. The monoisotopic (exact) mass is 266 g/mol. The van der Waals surface area contributed by atoms with Crippen molar-refractivity contribution in [2.75, 3.05) is 0 Å². The lowest BCUT2D eigenvalue weighted by Crippen LogP contribution is -2.11. The fourth-order valence-electron chi connectivity index (χ4n) is 2.10. The van der Waals surface area contributed by atoms with Crippen molar-refractivity contribution in [3.8, 4) is 5.75 Å². The Hall–Kier alpha value is -1.48. The average Bonchev–Trinajstić information content (AvgIpc) is 2.82. The van der Waals surface area contributed by atoms with Gasteiger partial charge in [-0.3, -0.25) is 0 Å². The first-order valence-corrected chi connectivity index (χ1v) is 6.40. The maximum absolute atomic E-state index is 10.6. The van der Waals surface area contributed by atoms with Gasteiger partial charge in [0.15, 0.2) is 0 Å². The van der Waals surface area contributed by atoms with Gasteiger partial charge in [-0.2, -0.15) is 0 Å². The van der Waals surface area contributed by atoms with Crippen LogP contribution in [0.15, 0.2) is 24.3 Å². The Bertz CT molecular complexity index is 462. The van der Waals surface area contributed by atoms with E-state index in [1.54, 1.807) is 18.2 Å². The van der Waals surface area contributed by atoms with Crippen LogP contribution in [0.25, 0.3) is 6.08 Å². The van der Waals surface area contributed by atoms with Crippen LogP contribution in [-0.2, 0) is 4.79 Å². The molecule has 1 N–H and O–H groups in total. The number of halogens is 1. The molecule has 1 aromatic rings. The third kappa shape index (κ3) is 3.50. The van der Waals surface area contributed by atoms with E-state index < -0.39 is 5.97 Å². The van der Waals surface area contributed by atoms with Crippen LogP contribution in [0.1, 0.15) is 31.2 Å². The fourth-order valence-corrected chi connectivity index (χ4v) is 2.28. The summed E-state index contributed by atoms with van der Waals surface area (Å²) in [5.74, 6) is -0.286. The zero-order valence-electron chi connectivity index (χ0n) is 9.93. The highest BCUT2D eigenvalue weighted by Crippen LogP contribution is 2.29. The standard InChI is InChI=1S/C14H15ClO3/c15-11-6-7-13(18-12-3-1-2-4-12)10(9-11)5-8-14(16)17/h5-9,12H,1-4H2,(H,16,17)/b8-5+. The summed E-state index contributed by atoms with van der Waals surface area (Å²) < 4.78 is 5.89. The Morgan fingerprint density at radius 3 is 2.78 bits per heavy atom. The molecule has 96 valence electrons. The van der Waals surface area contributed by atoms with Crippen LogP contribution in [-0.4, -0.2) is 17.2 Å². The summed E-state index contributed by atoms with van der Waals surface area (Å²) in [4.78, 5) is 10.6. The first kappa shape index (κ1) is 13.0. The minimum absolute atomic E-state index is 0.239. The molecule has 0 heterocycles. The van der Waals surface area contributed by atoms with Crippen molar-refractivity contribution in [2.45, 2.75) is 31.8 Å². The number of carboxylic acids is 1. The lowest BCUT2D eigenvalue weighted by atomic mass is 10.2. The largest absolute Gasteiger partial charge is 0.490 e. The van der Waals surface area contributed by atoms with E-state index >= 15 is 0 Å². The average molecular weight is 267 g/mol. The number of rotatable bonds is 4. The third-order valence-corrected chi connectivity index (χ3v) is 3.21.